The third-order valence-corrected chi connectivity index (χ3v) is 3.89. The van der Waals surface area contributed by atoms with E-state index in [1.54, 1.807) is 19.4 Å². The van der Waals surface area contributed by atoms with Crippen molar-refractivity contribution in [3.05, 3.63) is 47.3 Å². The Labute approximate surface area is 142 Å². The maximum atomic E-state index is 12.5. The van der Waals surface area contributed by atoms with Crippen LogP contribution in [0.3, 0.4) is 0 Å². The first-order chi connectivity index (χ1) is 12.2. The molecule has 0 saturated heterocycles. The van der Waals surface area contributed by atoms with Gasteiger partial charge in [0.25, 0.3) is 0 Å². The van der Waals surface area contributed by atoms with Crippen LogP contribution in [0.25, 0.3) is 27.8 Å². The van der Waals surface area contributed by atoms with Crippen LogP contribution in [0.1, 0.15) is 6.92 Å². The highest BCUT2D eigenvalue weighted by molar-refractivity contribution is 5.88. The second-order valence-corrected chi connectivity index (χ2v) is 5.29. The van der Waals surface area contributed by atoms with Crippen molar-refractivity contribution in [3.63, 3.8) is 0 Å². The standard InChI is InChI=1S/C17H15N5O3/c1-3-25-16-14-15(19-9-20-16)21-17(23)22(14)10-4-5-12-11(8-10)13(24-2)6-7-18-12/h4-9H,3H2,1-2H3,(H,19,20,21,23). The van der Waals surface area contributed by atoms with E-state index in [1.807, 2.05) is 25.1 Å². The maximum Gasteiger partial charge on any atom is 0.332 e. The van der Waals surface area contributed by atoms with E-state index in [0.29, 0.717) is 35.1 Å². The van der Waals surface area contributed by atoms with Crippen molar-refractivity contribution in [2.45, 2.75) is 6.92 Å². The lowest BCUT2D eigenvalue weighted by Crippen LogP contribution is -2.15. The lowest BCUT2D eigenvalue weighted by molar-refractivity contribution is 0.329. The Balaban J connectivity index is 2.03. The Hall–Kier alpha value is -3.42. The van der Waals surface area contributed by atoms with E-state index in [0.717, 1.165) is 10.9 Å². The largest absolute Gasteiger partial charge is 0.496 e. The second-order valence-electron chi connectivity index (χ2n) is 5.29. The highest BCUT2D eigenvalue weighted by Crippen LogP contribution is 2.28. The summed E-state index contributed by atoms with van der Waals surface area (Å²) in [4.78, 5) is 27.8. The summed E-state index contributed by atoms with van der Waals surface area (Å²) in [5.41, 5.74) is 2.01. The number of aromatic amines is 1. The predicted molar refractivity (Wildman–Crippen MR) is 92.5 cm³/mol. The van der Waals surface area contributed by atoms with Gasteiger partial charge in [-0.05, 0) is 31.2 Å². The van der Waals surface area contributed by atoms with E-state index in [1.165, 1.54) is 10.9 Å². The number of benzene rings is 1. The van der Waals surface area contributed by atoms with Gasteiger partial charge in [-0.25, -0.2) is 9.78 Å². The summed E-state index contributed by atoms with van der Waals surface area (Å²) in [6.45, 7) is 2.29. The number of pyridine rings is 1. The van der Waals surface area contributed by atoms with Crippen LogP contribution in [0, 0.1) is 0 Å². The lowest BCUT2D eigenvalue weighted by Gasteiger charge is -2.09. The minimum Gasteiger partial charge on any atom is -0.496 e. The van der Waals surface area contributed by atoms with E-state index in [-0.39, 0.29) is 5.69 Å². The molecule has 0 amide bonds. The Morgan fingerprint density at radius 3 is 2.88 bits per heavy atom. The van der Waals surface area contributed by atoms with Gasteiger partial charge in [0.1, 0.15) is 12.1 Å². The monoisotopic (exact) mass is 337 g/mol. The van der Waals surface area contributed by atoms with E-state index in [2.05, 4.69) is 19.9 Å². The van der Waals surface area contributed by atoms with Crippen LogP contribution in [0.2, 0.25) is 0 Å². The first kappa shape index (κ1) is 15.1. The number of imidazole rings is 1. The first-order valence-electron chi connectivity index (χ1n) is 7.74. The van der Waals surface area contributed by atoms with Gasteiger partial charge in [-0.1, -0.05) is 0 Å². The molecular weight excluding hydrogens is 322 g/mol. The summed E-state index contributed by atoms with van der Waals surface area (Å²) in [6.07, 6.45) is 3.04. The maximum absolute atomic E-state index is 12.5. The summed E-state index contributed by atoms with van der Waals surface area (Å²) in [5.74, 6) is 1.03. The Morgan fingerprint density at radius 2 is 2.08 bits per heavy atom. The summed E-state index contributed by atoms with van der Waals surface area (Å²) in [7, 11) is 1.60. The van der Waals surface area contributed by atoms with Crippen molar-refractivity contribution in [2.24, 2.45) is 0 Å². The van der Waals surface area contributed by atoms with Crippen LogP contribution in [0.5, 0.6) is 11.6 Å². The van der Waals surface area contributed by atoms with Crippen LogP contribution in [0.15, 0.2) is 41.6 Å². The zero-order valence-electron chi connectivity index (χ0n) is 13.7. The molecule has 0 bridgehead atoms. The molecule has 8 nitrogen and oxygen atoms in total. The van der Waals surface area contributed by atoms with Gasteiger partial charge in [-0.3, -0.25) is 14.5 Å². The van der Waals surface area contributed by atoms with Crippen molar-refractivity contribution < 1.29 is 9.47 Å². The zero-order chi connectivity index (χ0) is 17.4. The van der Waals surface area contributed by atoms with Crippen LogP contribution in [0.4, 0.5) is 0 Å². The van der Waals surface area contributed by atoms with E-state index in [4.69, 9.17) is 9.47 Å². The number of nitrogens with zero attached hydrogens (tertiary/aromatic N) is 4. The van der Waals surface area contributed by atoms with E-state index >= 15 is 0 Å². The Bertz CT molecular complexity index is 1130. The number of aromatic nitrogens is 5. The van der Waals surface area contributed by atoms with Crippen molar-refractivity contribution in [3.8, 4) is 17.3 Å². The number of H-pyrrole nitrogens is 1. The minimum absolute atomic E-state index is 0.321. The van der Waals surface area contributed by atoms with Crippen LogP contribution in [-0.4, -0.2) is 38.2 Å². The molecule has 4 aromatic rings. The zero-order valence-corrected chi connectivity index (χ0v) is 13.7. The Morgan fingerprint density at radius 1 is 1.20 bits per heavy atom. The van der Waals surface area contributed by atoms with Crippen molar-refractivity contribution in [1.82, 2.24) is 24.5 Å². The molecule has 4 rings (SSSR count). The highest BCUT2D eigenvalue weighted by Gasteiger charge is 2.16. The average molecular weight is 337 g/mol. The molecule has 0 fully saturated rings. The molecule has 0 atom stereocenters. The van der Waals surface area contributed by atoms with Crippen molar-refractivity contribution in [1.29, 1.82) is 0 Å². The number of ether oxygens (including phenoxy) is 2. The van der Waals surface area contributed by atoms with Crippen molar-refractivity contribution in [2.75, 3.05) is 13.7 Å². The third-order valence-electron chi connectivity index (χ3n) is 3.89. The highest BCUT2D eigenvalue weighted by atomic mass is 16.5. The van der Waals surface area contributed by atoms with Gasteiger partial charge in [0, 0.05) is 11.6 Å². The molecule has 1 N–H and O–H groups in total. The van der Waals surface area contributed by atoms with Gasteiger partial charge in [0.2, 0.25) is 5.88 Å². The molecule has 1 aromatic carbocycles. The van der Waals surface area contributed by atoms with Gasteiger partial charge >= 0.3 is 5.69 Å². The average Bonchev–Trinajstić information content (AvgIpc) is 2.98. The molecule has 8 heteroatoms. The minimum atomic E-state index is -0.321. The normalized spacial score (nSPS) is 11.1. The lowest BCUT2D eigenvalue weighted by atomic mass is 10.2. The van der Waals surface area contributed by atoms with Crippen LogP contribution < -0.4 is 15.2 Å². The molecule has 0 saturated carbocycles. The number of methoxy groups -OCH3 is 1. The second kappa shape index (κ2) is 5.90. The number of fused-ring (bicyclic) bond motifs is 2. The van der Waals surface area contributed by atoms with Crippen LogP contribution >= 0.6 is 0 Å². The molecule has 0 aliphatic rings. The summed E-state index contributed by atoms with van der Waals surface area (Å²) < 4.78 is 12.4. The SMILES string of the molecule is CCOc1ncnc2[nH]c(=O)n(-c3ccc4nccc(OC)c4c3)c12. The molecule has 0 aliphatic heterocycles. The molecule has 0 aliphatic carbocycles. The molecule has 0 radical (unpaired) electrons. The number of hydrogen-bond donors (Lipinski definition) is 1. The quantitative estimate of drug-likeness (QED) is 0.612. The fourth-order valence-corrected chi connectivity index (χ4v) is 2.83. The molecular formula is C17H15N5O3. The smallest absolute Gasteiger partial charge is 0.332 e. The van der Waals surface area contributed by atoms with Gasteiger partial charge in [0.15, 0.2) is 11.2 Å². The fraction of sp³-hybridized carbons (Fsp3) is 0.176. The molecule has 3 heterocycles. The number of hydrogen-bond acceptors (Lipinski definition) is 6. The molecule has 126 valence electrons. The third kappa shape index (κ3) is 2.38. The molecule has 3 aromatic heterocycles. The summed E-state index contributed by atoms with van der Waals surface area (Å²) >= 11 is 0. The summed E-state index contributed by atoms with van der Waals surface area (Å²) in [5, 5.41) is 0.804. The number of nitrogens with one attached hydrogen (secondary N) is 1. The van der Waals surface area contributed by atoms with Crippen molar-refractivity contribution >= 4 is 22.1 Å². The topological polar surface area (TPSA) is 94.9 Å². The van der Waals surface area contributed by atoms with E-state index < -0.39 is 0 Å². The first-order valence-corrected chi connectivity index (χ1v) is 7.74. The van der Waals surface area contributed by atoms with Gasteiger partial charge in [0.05, 0.1) is 24.9 Å². The molecule has 25 heavy (non-hydrogen) atoms. The van der Waals surface area contributed by atoms with Gasteiger partial charge in [-0.2, -0.15) is 4.98 Å². The van der Waals surface area contributed by atoms with Crippen LogP contribution in [-0.2, 0) is 0 Å². The van der Waals surface area contributed by atoms with Gasteiger partial charge in [-0.15, -0.1) is 0 Å². The predicted octanol–water partition coefficient (Wildman–Crippen LogP) is 2.06. The number of rotatable bonds is 4. The van der Waals surface area contributed by atoms with Gasteiger partial charge < -0.3 is 9.47 Å². The van der Waals surface area contributed by atoms with E-state index in [9.17, 15) is 4.79 Å². The fourth-order valence-electron chi connectivity index (χ4n) is 2.83. The molecule has 0 unspecified atom stereocenters. The Kier molecular flexibility index (Phi) is 3.57. The summed E-state index contributed by atoms with van der Waals surface area (Å²) in [6, 6.07) is 7.27. The molecule has 0 spiro atoms.